The third kappa shape index (κ3) is 2.44. The van der Waals surface area contributed by atoms with Gasteiger partial charge < -0.3 is 14.6 Å². The minimum absolute atomic E-state index is 0.124. The predicted octanol–water partition coefficient (Wildman–Crippen LogP) is -0.301. The van der Waals surface area contributed by atoms with E-state index >= 15 is 0 Å². The van der Waals surface area contributed by atoms with Gasteiger partial charge in [-0.25, -0.2) is 4.79 Å². The smallest absolute Gasteiger partial charge is 0.335 e. The summed E-state index contributed by atoms with van der Waals surface area (Å²) in [5.74, 6) is -2.63. The Morgan fingerprint density at radius 2 is 2.57 bits per heavy atom. The van der Waals surface area contributed by atoms with Crippen molar-refractivity contribution in [1.29, 1.82) is 5.26 Å². The van der Waals surface area contributed by atoms with Crippen molar-refractivity contribution in [3.05, 3.63) is 0 Å². The van der Waals surface area contributed by atoms with Crippen LogP contribution in [-0.2, 0) is 14.3 Å². The molecule has 78 valence electrons. The van der Waals surface area contributed by atoms with Crippen LogP contribution >= 0.6 is 0 Å². The van der Waals surface area contributed by atoms with Crippen LogP contribution in [0.1, 0.15) is 26.2 Å². The lowest BCUT2D eigenvalue weighted by molar-refractivity contribution is -0.543. The van der Waals surface area contributed by atoms with Gasteiger partial charge in [-0.15, -0.1) is 0 Å². The topological polar surface area (TPSA) is 82.4 Å². The molecule has 0 aromatic carbocycles. The van der Waals surface area contributed by atoms with Gasteiger partial charge in [0.2, 0.25) is 0 Å². The third-order valence-electron chi connectivity index (χ3n) is 2.02. The van der Waals surface area contributed by atoms with E-state index in [1.54, 1.807) is 6.92 Å². The van der Waals surface area contributed by atoms with E-state index in [0.717, 1.165) is 0 Å². The molecule has 0 radical (unpaired) electrons. The maximum atomic E-state index is 11.4. The summed E-state index contributed by atoms with van der Waals surface area (Å²) in [5, 5.41) is 20.0. The molecule has 1 heterocycles. The number of ether oxygens (including phenoxy) is 2. The molecule has 1 saturated heterocycles. The first kappa shape index (κ1) is 11.0. The monoisotopic (exact) mass is 198 g/mol. The van der Waals surface area contributed by atoms with E-state index in [9.17, 15) is 9.90 Å². The fourth-order valence-electron chi connectivity index (χ4n) is 1.35. The molecular weight excluding hydrogens is 186 g/mol. The number of esters is 1. The van der Waals surface area contributed by atoms with Crippen LogP contribution in [0.2, 0.25) is 0 Å². The molecule has 0 amide bonds. The number of nitriles is 1. The van der Waals surface area contributed by atoms with Gasteiger partial charge in [0.25, 0.3) is 0 Å². The van der Waals surface area contributed by atoms with Gasteiger partial charge in [-0.3, -0.25) is 0 Å². The first-order chi connectivity index (χ1) is 6.61. The van der Waals surface area contributed by atoms with Crippen molar-refractivity contribution in [2.24, 2.45) is 0 Å². The number of rotatable bonds is 2. The van der Waals surface area contributed by atoms with E-state index in [2.05, 4.69) is 0 Å². The van der Waals surface area contributed by atoms with Crippen LogP contribution < -0.4 is 5.11 Å². The van der Waals surface area contributed by atoms with Gasteiger partial charge in [0.05, 0.1) is 18.5 Å². The van der Waals surface area contributed by atoms with Crippen molar-refractivity contribution in [3.63, 3.8) is 0 Å². The number of carbonyl (C=O) groups is 1. The van der Waals surface area contributed by atoms with Crippen LogP contribution in [0.5, 0.6) is 0 Å². The number of hydrogen-bond acceptors (Lipinski definition) is 5. The lowest BCUT2D eigenvalue weighted by atomic mass is 10.0. The van der Waals surface area contributed by atoms with Gasteiger partial charge in [0, 0.05) is 0 Å². The summed E-state index contributed by atoms with van der Waals surface area (Å²) in [6.45, 7) is 1.92. The van der Waals surface area contributed by atoms with E-state index in [1.807, 2.05) is 0 Å². The van der Waals surface area contributed by atoms with Crippen LogP contribution in [0.3, 0.4) is 0 Å². The van der Waals surface area contributed by atoms with Gasteiger partial charge in [-0.1, -0.05) is 0 Å². The first-order valence-electron chi connectivity index (χ1n) is 4.57. The summed E-state index contributed by atoms with van der Waals surface area (Å²) in [7, 11) is 0. The third-order valence-corrected chi connectivity index (χ3v) is 2.02. The van der Waals surface area contributed by atoms with Gasteiger partial charge in [-0.2, -0.15) is 5.26 Å². The van der Waals surface area contributed by atoms with Crippen molar-refractivity contribution in [2.45, 2.75) is 38.1 Å². The average molecular weight is 198 g/mol. The Hall–Kier alpha value is -1.12. The maximum absolute atomic E-state index is 11.4. The Balaban J connectivity index is 2.57. The summed E-state index contributed by atoms with van der Waals surface area (Å²) in [4.78, 5) is 11.2. The van der Waals surface area contributed by atoms with E-state index in [1.165, 1.54) is 6.07 Å². The fourth-order valence-corrected chi connectivity index (χ4v) is 1.35. The van der Waals surface area contributed by atoms with E-state index in [0.29, 0.717) is 12.8 Å². The SMILES string of the molecule is CCOC(=O)C1CCCC([O-])(C#N)O1. The molecule has 0 bridgehead atoms. The van der Waals surface area contributed by atoms with Crippen LogP contribution in [0.15, 0.2) is 0 Å². The molecule has 14 heavy (non-hydrogen) atoms. The maximum Gasteiger partial charge on any atom is 0.335 e. The number of carbonyl (C=O) groups excluding carboxylic acids is 1. The Labute approximate surface area is 82.2 Å². The highest BCUT2D eigenvalue weighted by Crippen LogP contribution is 2.24. The lowest BCUT2D eigenvalue weighted by Gasteiger charge is -2.39. The van der Waals surface area contributed by atoms with Gasteiger partial charge in [0.15, 0.2) is 6.10 Å². The zero-order chi connectivity index (χ0) is 10.6. The predicted molar refractivity (Wildman–Crippen MR) is 43.7 cm³/mol. The number of nitrogens with zero attached hydrogens (tertiary/aromatic N) is 1. The van der Waals surface area contributed by atoms with Gasteiger partial charge in [-0.05, 0) is 26.2 Å². The summed E-state index contributed by atoms with van der Waals surface area (Å²) in [5.41, 5.74) is 0. The summed E-state index contributed by atoms with van der Waals surface area (Å²) in [6.07, 6.45) is 0.214. The largest absolute Gasteiger partial charge is 0.817 e. The van der Waals surface area contributed by atoms with Crippen molar-refractivity contribution in [3.8, 4) is 6.07 Å². The van der Waals surface area contributed by atoms with Crippen molar-refractivity contribution < 1.29 is 19.4 Å². The highest BCUT2D eigenvalue weighted by Gasteiger charge is 2.32. The summed E-state index contributed by atoms with van der Waals surface area (Å²) >= 11 is 0. The molecule has 0 spiro atoms. The number of hydrogen-bond donors (Lipinski definition) is 0. The van der Waals surface area contributed by atoms with Gasteiger partial charge >= 0.3 is 5.97 Å². The Kier molecular flexibility index (Phi) is 3.44. The second kappa shape index (κ2) is 4.40. The average Bonchev–Trinajstić information content (AvgIpc) is 2.18. The molecule has 2 unspecified atom stereocenters. The van der Waals surface area contributed by atoms with E-state index < -0.39 is 17.9 Å². The van der Waals surface area contributed by atoms with Crippen LogP contribution in [0, 0.1) is 11.3 Å². The molecule has 1 fully saturated rings. The molecule has 1 rings (SSSR count). The normalized spacial score (nSPS) is 31.9. The molecule has 0 N–H and O–H groups in total. The molecule has 5 heteroatoms. The quantitative estimate of drug-likeness (QED) is 0.569. The summed E-state index contributed by atoms with van der Waals surface area (Å²) < 4.78 is 9.55. The Bertz CT molecular complexity index is 260. The van der Waals surface area contributed by atoms with Gasteiger partial charge in [0.1, 0.15) is 0 Å². The Morgan fingerprint density at radius 1 is 1.86 bits per heavy atom. The second-order valence-electron chi connectivity index (χ2n) is 3.12. The van der Waals surface area contributed by atoms with Crippen LogP contribution in [0.25, 0.3) is 0 Å². The molecule has 0 aromatic heterocycles. The van der Waals surface area contributed by atoms with E-state index in [4.69, 9.17) is 14.7 Å². The molecule has 1 aliphatic heterocycles. The van der Waals surface area contributed by atoms with Crippen molar-refractivity contribution >= 4 is 5.97 Å². The standard InChI is InChI=1S/C9H12NO4/c1-2-13-8(11)7-4-3-5-9(12,6-10)14-7/h7H,2-5H2,1H3/q-1. The van der Waals surface area contributed by atoms with E-state index in [-0.39, 0.29) is 13.0 Å². The summed E-state index contributed by atoms with van der Waals surface area (Å²) in [6, 6.07) is 1.52. The molecule has 0 aromatic rings. The molecule has 0 aliphatic carbocycles. The first-order valence-corrected chi connectivity index (χ1v) is 4.57. The van der Waals surface area contributed by atoms with Crippen molar-refractivity contribution in [1.82, 2.24) is 0 Å². The highest BCUT2D eigenvalue weighted by molar-refractivity contribution is 5.74. The minimum atomic E-state index is -2.07. The highest BCUT2D eigenvalue weighted by atomic mass is 16.7. The molecule has 0 saturated carbocycles. The molecule has 5 nitrogen and oxygen atoms in total. The second-order valence-corrected chi connectivity index (χ2v) is 3.12. The zero-order valence-electron chi connectivity index (χ0n) is 7.99. The minimum Gasteiger partial charge on any atom is -0.817 e. The van der Waals surface area contributed by atoms with Crippen LogP contribution in [-0.4, -0.2) is 24.5 Å². The van der Waals surface area contributed by atoms with Crippen molar-refractivity contribution in [2.75, 3.05) is 6.61 Å². The van der Waals surface area contributed by atoms with Crippen LogP contribution in [0.4, 0.5) is 0 Å². The fraction of sp³-hybridized carbons (Fsp3) is 0.778. The molecule has 2 atom stereocenters. The molecule has 1 aliphatic rings. The lowest BCUT2D eigenvalue weighted by Crippen LogP contribution is -2.52. The molecular formula is C9H12NO4-. The zero-order valence-corrected chi connectivity index (χ0v) is 7.99. The Morgan fingerprint density at radius 3 is 3.14 bits per heavy atom.